The van der Waals surface area contributed by atoms with Gasteiger partial charge in [-0.15, -0.1) is 0 Å². The minimum Gasteiger partial charge on any atom is -0.356 e. The van der Waals surface area contributed by atoms with E-state index in [2.05, 4.69) is 18.5 Å². The molecule has 0 radical (unpaired) electrons. The topological polar surface area (TPSA) is 40.2 Å². The Bertz CT molecular complexity index is 227. The highest BCUT2D eigenvalue weighted by molar-refractivity contribution is 7.44. The lowest BCUT2D eigenvalue weighted by molar-refractivity contribution is -0.129. The molecule has 0 spiro atoms. The molecular weight excluding hydrogens is 229 g/mol. The van der Waals surface area contributed by atoms with Crippen LogP contribution in [-0.4, -0.2) is 50.0 Å². The molecule has 0 N–H and O–H groups in total. The molecule has 2 heterocycles. The molecule has 2 rings (SSSR count). The zero-order valence-corrected chi connectivity index (χ0v) is 11.0. The Morgan fingerprint density at radius 1 is 1.31 bits per heavy atom. The number of nitrogens with zero attached hydrogens (tertiary/aromatic N) is 1. The van der Waals surface area contributed by atoms with Crippen LogP contribution in [0.2, 0.25) is 0 Å². The van der Waals surface area contributed by atoms with Gasteiger partial charge in [0.2, 0.25) is 0 Å². The first-order valence-electron chi connectivity index (χ1n) is 5.81. The summed E-state index contributed by atoms with van der Waals surface area (Å²) in [6.45, 7) is 6.76. The van der Waals surface area contributed by atoms with E-state index in [0.29, 0.717) is 6.61 Å². The minimum absolute atomic E-state index is 0.0410. The Balaban J connectivity index is 1.90. The van der Waals surface area contributed by atoms with Gasteiger partial charge in [-0.05, 0) is 0 Å². The Morgan fingerprint density at radius 3 is 2.69 bits per heavy atom. The van der Waals surface area contributed by atoms with E-state index in [1.54, 1.807) is 7.11 Å². The number of fused-ring (bicyclic) bond motifs is 1. The van der Waals surface area contributed by atoms with E-state index in [1.165, 1.54) is 0 Å². The van der Waals surface area contributed by atoms with Gasteiger partial charge < -0.3 is 18.5 Å². The number of hydrogen-bond acceptors (Lipinski definition) is 5. The molecule has 0 aromatic carbocycles. The molecule has 94 valence electrons. The smallest absolute Gasteiger partial charge is 0.259 e. The standard InChI is InChI=1S/C10H20NO4P/c1-4-11(5-2)16-13-7-9-8(15-16)6-10(12-3)14-9/h8-10H,4-7H2,1-3H3/t8-,9+,10?,16?/m1/s1. The summed E-state index contributed by atoms with van der Waals surface area (Å²) in [6, 6.07) is 0. The van der Waals surface area contributed by atoms with E-state index in [0.717, 1.165) is 19.5 Å². The van der Waals surface area contributed by atoms with Crippen LogP contribution in [0.3, 0.4) is 0 Å². The predicted octanol–water partition coefficient (Wildman–Crippen LogP) is 1.73. The molecule has 5 nitrogen and oxygen atoms in total. The lowest BCUT2D eigenvalue weighted by atomic mass is 10.2. The number of rotatable bonds is 4. The lowest BCUT2D eigenvalue weighted by Crippen LogP contribution is -2.35. The van der Waals surface area contributed by atoms with Gasteiger partial charge in [0.15, 0.2) is 6.29 Å². The third kappa shape index (κ3) is 2.55. The normalized spacial score (nSPS) is 39.0. The van der Waals surface area contributed by atoms with Crippen molar-refractivity contribution in [2.24, 2.45) is 0 Å². The van der Waals surface area contributed by atoms with E-state index in [-0.39, 0.29) is 18.5 Å². The molecule has 2 unspecified atom stereocenters. The molecule has 0 bridgehead atoms. The monoisotopic (exact) mass is 249 g/mol. The van der Waals surface area contributed by atoms with Gasteiger partial charge in [-0.3, -0.25) is 0 Å². The average molecular weight is 249 g/mol. The second-order valence-corrected chi connectivity index (χ2v) is 5.40. The van der Waals surface area contributed by atoms with Crippen LogP contribution in [0.25, 0.3) is 0 Å². The molecule has 4 atom stereocenters. The molecule has 0 aliphatic carbocycles. The zero-order chi connectivity index (χ0) is 11.5. The predicted molar refractivity (Wildman–Crippen MR) is 61.0 cm³/mol. The van der Waals surface area contributed by atoms with Crippen LogP contribution in [0.4, 0.5) is 0 Å². The van der Waals surface area contributed by atoms with Gasteiger partial charge in [-0.1, -0.05) is 13.8 Å². The van der Waals surface area contributed by atoms with Crippen LogP contribution in [0.5, 0.6) is 0 Å². The summed E-state index contributed by atoms with van der Waals surface area (Å²) in [6.07, 6.45) is 0.847. The van der Waals surface area contributed by atoms with Crippen LogP contribution in [0.15, 0.2) is 0 Å². The van der Waals surface area contributed by atoms with Crippen molar-refractivity contribution in [2.45, 2.75) is 38.8 Å². The van der Waals surface area contributed by atoms with E-state index in [9.17, 15) is 0 Å². The Labute approximate surface area is 98.0 Å². The Kier molecular flexibility index (Phi) is 4.53. The third-order valence-electron chi connectivity index (χ3n) is 2.96. The number of hydrogen-bond donors (Lipinski definition) is 0. The fraction of sp³-hybridized carbons (Fsp3) is 1.00. The molecule has 0 aromatic heterocycles. The summed E-state index contributed by atoms with van der Waals surface area (Å²) in [7, 11) is 0.769. The maximum atomic E-state index is 5.95. The Morgan fingerprint density at radius 2 is 2.06 bits per heavy atom. The van der Waals surface area contributed by atoms with Crippen molar-refractivity contribution in [3.63, 3.8) is 0 Å². The van der Waals surface area contributed by atoms with Crippen LogP contribution >= 0.6 is 8.53 Å². The van der Waals surface area contributed by atoms with Crippen molar-refractivity contribution in [1.29, 1.82) is 0 Å². The van der Waals surface area contributed by atoms with Crippen LogP contribution in [0, 0.1) is 0 Å². The Hall–Kier alpha value is 0.230. The highest BCUT2D eigenvalue weighted by atomic mass is 31.2. The van der Waals surface area contributed by atoms with Gasteiger partial charge in [0.05, 0.1) is 12.7 Å². The quantitative estimate of drug-likeness (QED) is 0.710. The molecule has 16 heavy (non-hydrogen) atoms. The SMILES string of the molecule is CCN(CC)P1OC[C@@H]2OC(OC)C[C@H]2O1. The molecule has 2 aliphatic rings. The second kappa shape index (κ2) is 5.71. The fourth-order valence-electron chi connectivity index (χ4n) is 1.98. The zero-order valence-electron chi connectivity index (χ0n) is 10.1. The molecule has 2 saturated heterocycles. The maximum absolute atomic E-state index is 5.95. The summed E-state index contributed by atoms with van der Waals surface area (Å²) in [5.41, 5.74) is 0. The van der Waals surface area contributed by atoms with Gasteiger partial charge in [-0.25, -0.2) is 4.67 Å². The first kappa shape index (κ1) is 12.7. The molecule has 0 aromatic rings. The molecular formula is C10H20NO4P. The van der Waals surface area contributed by atoms with Gasteiger partial charge in [0.25, 0.3) is 8.53 Å². The second-order valence-electron chi connectivity index (χ2n) is 3.89. The van der Waals surface area contributed by atoms with Crippen molar-refractivity contribution in [3.05, 3.63) is 0 Å². The molecule has 2 fully saturated rings. The average Bonchev–Trinajstić information content (AvgIpc) is 2.73. The van der Waals surface area contributed by atoms with Crippen molar-refractivity contribution in [1.82, 2.24) is 4.67 Å². The summed E-state index contributed by atoms with van der Waals surface area (Å²) in [4.78, 5) is 0. The van der Waals surface area contributed by atoms with Crippen molar-refractivity contribution >= 4 is 8.53 Å². The molecule has 6 heteroatoms. The first-order valence-corrected chi connectivity index (χ1v) is 6.94. The highest BCUT2D eigenvalue weighted by Gasteiger charge is 2.43. The van der Waals surface area contributed by atoms with Gasteiger partial charge in [-0.2, -0.15) is 0 Å². The molecule has 0 amide bonds. The van der Waals surface area contributed by atoms with Crippen LogP contribution in [-0.2, 0) is 18.5 Å². The summed E-state index contributed by atoms with van der Waals surface area (Å²) in [5.74, 6) is 0. The van der Waals surface area contributed by atoms with Gasteiger partial charge >= 0.3 is 0 Å². The third-order valence-corrected chi connectivity index (χ3v) is 4.81. The molecule has 0 saturated carbocycles. The van der Waals surface area contributed by atoms with Crippen LogP contribution < -0.4 is 0 Å². The van der Waals surface area contributed by atoms with Crippen molar-refractivity contribution < 1.29 is 18.5 Å². The minimum atomic E-state index is -0.893. The van der Waals surface area contributed by atoms with E-state index in [1.807, 2.05) is 0 Å². The summed E-state index contributed by atoms with van der Waals surface area (Å²) in [5, 5.41) is 0. The van der Waals surface area contributed by atoms with E-state index < -0.39 is 8.53 Å². The lowest BCUT2D eigenvalue weighted by Gasteiger charge is -2.35. The number of ether oxygens (including phenoxy) is 2. The molecule has 2 aliphatic heterocycles. The van der Waals surface area contributed by atoms with Gasteiger partial charge in [0, 0.05) is 26.6 Å². The van der Waals surface area contributed by atoms with E-state index in [4.69, 9.17) is 18.5 Å². The fourth-order valence-corrected chi connectivity index (χ4v) is 3.52. The largest absolute Gasteiger partial charge is 0.356 e. The van der Waals surface area contributed by atoms with E-state index >= 15 is 0 Å². The highest BCUT2D eigenvalue weighted by Crippen LogP contribution is 2.50. The summed E-state index contributed by atoms with van der Waals surface area (Å²) >= 11 is 0. The van der Waals surface area contributed by atoms with Crippen LogP contribution in [0.1, 0.15) is 20.3 Å². The summed E-state index contributed by atoms with van der Waals surface area (Å²) < 4.78 is 24.7. The maximum Gasteiger partial charge on any atom is 0.259 e. The first-order chi connectivity index (χ1) is 7.78. The number of methoxy groups -OCH3 is 1. The van der Waals surface area contributed by atoms with Gasteiger partial charge in [0.1, 0.15) is 6.10 Å². The van der Waals surface area contributed by atoms with Crippen molar-refractivity contribution in [2.75, 3.05) is 26.8 Å². The van der Waals surface area contributed by atoms with Crippen molar-refractivity contribution in [3.8, 4) is 0 Å².